The SMILES string of the molecule is CCC1CCCN(C(=O)c2ccc(Cl)cc2Br)C1. The van der Waals surface area contributed by atoms with Gasteiger partial charge >= 0.3 is 0 Å². The Morgan fingerprint density at radius 1 is 1.56 bits per heavy atom. The van der Waals surface area contributed by atoms with Gasteiger partial charge < -0.3 is 4.90 Å². The third kappa shape index (κ3) is 3.07. The zero-order chi connectivity index (χ0) is 13.1. The monoisotopic (exact) mass is 329 g/mol. The zero-order valence-corrected chi connectivity index (χ0v) is 12.8. The van der Waals surface area contributed by atoms with E-state index in [-0.39, 0.29) is 5.91 Å². The molecule has 4 heteroatoms. The molecule has 1 aliphatic rings. The van der Waals surface area contributed by atoms with E-state index in [0.717, 1.165) is 30.4 Å². The van der Waals surface area contributed by atoms with Gasteiger partial charge in [0.2, 0.25) is 0 Å². The molecule has 2 nitrogen and oxygen atoms in total. The molecule has 18 heavy (non-hydrogen) atoms. The zero-order valence-electron chi connectivity index (χ0n) is 10.5. The van der Waals surface area contributed by atoms with Gasteiger partial charge in [-0.1, -0.05) is 24.9 Å². The number of hydrogen-bond donors (Lipinski definition) is 0. The van der Waals surface area contributed by atoms with E-state index < -0.39 is 0 Å². The van der Waals surface area contributed by atoms with Crippen molar-refractivity contribution in [2.24, 2.45) is 5.92 Å². The summed E-state index contributed by atoms with van der Waals surface area (Å²) in [5.41, 5.74) is 0.705. The van der Waals surface area contributed by atoms with Gasteiger partial charge in [-0.2, -0.15) is 0 Å². The highest BCUT2D eigenvalue weighted by molar-refractivity contribution is 9.10. The van der Waals surface area contributed by atoms with Gasteiger partial charge in [-0.15, -0.1) is 0 Å². The van der Waals surface area contributed by atoms with Crippen LogP contribution in [0.25, 0.3) is 0 Å². The molecule has 1 amide bonds. The minimum atomic E-state index is 0.108. The first-order valence-corrected chi connectivity index (χ1v) is 7.53. The molecule has 1 aromatic carbocycles. The van der Waals surface area contributed by atoms with Crippen LogP contribution < -0.4 is 0 Å². The van der Waals surface area contributed by atoms with Crippen LogP contribution in [0.3, 0.4) is 0 Å². The van der Waals surface area contributed by atoms with E-state index in [1.165, 1.54) is 6.42 Å². The Morgan fingerprint density at radius 3 is 3.00 bits per heavy atom. The van der Waals surface area contributed by atoms with Crippen LogP contribution in [-0.2, 0) is 0 Å². The maximum Gasteiger partial charge on any atom is 0.255 e. The summed E-state index contributed by atoms with van der Waals surface area (Å²) in [4.78, 5) is 14.4. The topological polar surface area (TPSA) is 20.3 Å². The van der Waals surface area contributed by atoms with Crippen LogP contribution in [0.4, 0.5) is 0 Å². The first-order valence-electron chi connectivity index (χ1n) is 6.36. The molecular weight excluding hydrogens is 314 g/mol. The van der Waals surface area contributed by atoms with Crippen LogP contribution in [0.1, 0.15) is 36.5 Å². The second-order valence-electron chi connectivity index (χ2n) is 4.79. The third-order valence-electron chi connectivity index (χ3n) is 3.55. The van der Waals surface area contributed by atoms with Gasteiger partial charge in [0, 0.05) is 22.6 Å². The van der Waals surface area contributed by atoms with Crippen molar-refractivity contribution in [2.45, 2.75) is 26.2 Å². The van der Waals surface area contributed by atoms with Crippen molar-refractivity contribution < 1.29 is 4.79 Å². The van der Waals surface area contributed by atoms with Crippen molar-refractivity contribution in [2.75, 3.05) is 13.1 Å². The van der Waals surface area contributed by atoms with E-state index in [0.29, 0.717) is 16.5 Å². The first kappa shape index (κ1) is 13.9. The Bertz CT molecular complexity index is 449. The largest absolute Gasteiger partial charge is 0.338 e. The lowest BCUT2D eigenvalue weighted by molar-refractivity contribution is 0.0670. The molecule has 0 N–H and O–H groups in total. The summed E-state index contributed by atoms with van der Waals surface area (Å²) in [7, 11) is 0. The van der Waals surface area contributed by atoms with Crippen LogP contribution >= 0.6 is 27.5 Å². The standard InChI is InChI=1S/C14H17BrClNO/c1-2-10-4-3-7-17(9-10)14(18)12-6-5-11(16)8-13(12)15/h5-6,8,10H,2-4,7,9H2,1H3. The van der Waals surface area contributed by atoms with Crippen molar-refractivity contribution in [1.82, 2.24) is 4.90 Å². The van der Waals surface area contributed by atoms with Crippen LogP contribution in [0.5, 0.6) is 0 Å². The number of likely N-dealkylation sites (tertiary alicyclic amines) is 1. The van der Waals surface area contributed by atoms with Crippen LogP contribution in [0.15, 0.2) is 22.7 Å². The number of hydrogen-bond acceptors (Lipinski definition) is 1. The highest BCUT2D eigenvalue weighted by Gasteiger charge is 2.24. The lowest BCUT2D eigenvalue weighted by Gasteiger charge is -2.32. The molecule has 98 valence electrons. The van der Waals surface area contributed by atoms with E-state index in [1.54, 1.807) is 18.2 Å². The van der Waals surface area contributed by atoms with Crippen molar-refractivity contribution in [3.8, 4) is 0 Å². The van der Waals surface area contributed by atoms with Gasteiger partial charge in [0.1, 0.15) is 0 Å². The van der Waals surface area contributed by atoms with Gasteiger partial charge in [0.15, 0.2) is 0 Å². The Kier molecular flexibility index (Phi) is 4.68. The molecule has 0 spiro atoms. The molecule has 0 radical (unpaired) electrons. The van der Waals surface area contributed by atoms with Gasteiger partial charge in [-0.25, -0.2) is 0 Å². The van der Waals surface area contributed by atoms with Crippen molar-refractivity contribution in [1.29, 1.82) is 0 Å². The van der Waals surface area contributed by atoms with E-state index in [4.69, 9.17) is 11.6 Å². The normalized spacial score (nSPS) is 19.9. The fourth-order valence-electron chi connectivity index (χ4n) is 2.42. The summed E-state index contributed by atoms with van der Waals surface area (Å²) in [6, 6.07) is 5.33. The number of benzene rings is 1. The quantitative estimate of drug-likeness (QED) is 0.788. The minimum absolute atomic E-state index is 0.108. The first-order chi connectivity index (χ1) is 8.61. The summed E-state index contributed by atoms with van der Waals surface area (Å²) in [6.07, 6.45) is 3.49. The van der Waals surface area contributed by atoms with Gasteiger partial charge in [0.05, 0.1) is 5.56 Å². The third-order valence-corrected chi connectivity index (χ3v) is 4.44. The van der Waals surface area contributed by atoms with Crippen molar-refractivity contribution in [3.05, 3.63) is 33.3 Å². The fraction of sp³-hybridized carbons (Fsp3) is 0.500. The van der Waals surface area contributed by atoms with E-state index >= 15 is 0 Å². The average molecular weight is 331 g/mol. The summed E-state index contributed by atoms with van der Waals surface area (Å²) in [5, 5.41) is 0.642. The maximum absolute atomic E-state index is 12.4. The summed E-state index contributed by atoms with van der Waals surface area (Å²) < 4.78 is 0.777. The molecule has 2 rings (SSSR count). The molecule has 1 atom stereocenters. The molecule has 1 heterocycles. The number of nitrogens with zero attached hydrogens (tertiary/aromatic N) is 1. The molecule has 0 aliphatic carbocycles. The molecule has 0 saturated carbocycles. The molecule has 1 unspecified atom stereocenters. The lowest BCUT2D eigenvalue weighted by atomic mass is 9.95. The number of carbonyl (C=O) groups is 1. The number of carbonyl (C=O) groups excluding carboxylic acids is 1. The molecule has 1 saturated heterocycles. The van der Waals surface area contributed by atoms with Crippen LogP contribution in [0, 0.1) is 5.92 Å². The second kappa shape index (κ2) is 6.07. The Balaban J connectivity index is 2.15. The molecule has 0 bridgehead atoms. The van der Waals surface area contributed by atoms with Gasteiger partial charge in [-0.05, 0) is 52.9 Å². The van der Waals surface area contributed by atoms with Crippen LogP contribution in [-0.4, -0.2) is 23.9 Å². The van der Waals surface area contributed by atoms with E-state index in [9.17, 15) is 4.79 Å². The number of amides is 1. The Labute approximate surface area is 121 Å². The molecule has 1 aliphatic heterocycles. The smallest absolute Gasteiger partial charge is 0.255 e. The van der Waals surface area contributed by atoms with Crippen molar-refractivity contribution >= 4 is 33.4 Å². The van der Waals surface area contributed by atoms with Crippen LogP contribution in [0.2, 0.25) is 5.02 Å². The minimum Gasteiger partial charge on any atom is -0.338 e. The Hall–Kier alpha value is -0.540. The predicted octanol–water partition coefficient (Wildman–Crippen LogP) is 4.36. The van der Waals surface area contributed by atoms with Gasteiger partial charge in [-0.3, -0.25) is 4.79 Å². The highest BCUT2D eigenvalue weighted by atomic mass is 79.9. The summed E-state index contributed by atoms with van der Waals surface area (Å²) in [5.74, 6) is 0.755. The average Bonchev–Trinajstić information content (AvgIpc) is 2.38. The number of piperidine rings is 1. The van der Waals surface area contributed by atoms with Gasteiger partial charge in [0.25, 0.3) is 5.91 Å². The highest BCUT2D eigenvalue weighted by Crippen LogP contribution is 2.26. The molecule has 1 aromatic rings. The number of rotatable bonds is 2. The lowest BCUT2D eigenvalue weighted by Crippen LogP contribution is -2.39. The van der Waals surface area contributed by atoms with E-state index in [1.807, 2.05) is 4.90 Å². The summed E-state index contributed by atoms with van der Waals surface area (Å²) >= 11 is 9.31. The summed E-state index contributed by atoms with van der Waals surface area (Å²) in [6.45, 7) is 3.94. The Morgan fingerprint density at radius 2 is 2.33 bits per heavy atom. The molecule has 1 fully saturated rings. The van der Waals surface area contributed by atoms with E-state index in [2.05, 4.69) is 22.9 Å². The number of halogens is 2. The predicted molar refractivity (Wildman–Crippen MR) is 78.1 cm³/mol. The molecular formula is C14H17BrClNO. The second-order valence-corrected chi connectivity index (χ2v) is 6.08. The fourth-order valence-corrected chi connectivity index (χ4v) is 3.27. The molecule has 0 aromatic heterocycles. The maximum atomic E-state index is 12.4. The van der Waals surface area contributed by atoms with Crippen molar-refractivity contribution in [3.63, 3.8) is 0 Å².